The molecular formula is C15H34N2Si. The van der Waals surface area contributed by atoms with E-state index in [0.29, 0.717) is 0 Å². The van der Waals surface area contributed by atoms with Crippen LogP contribution in [0.1, 0.15) is 60.3 Å². The molecule has 0 saturated heterocycles. The molecule has 0 bridgehead atoms. The van der Waals surface area contributed by atoms with Gasteiger partial charge in [0.15, 0.2) is 0 Å². The number of allylic oxidation sites excluding steroid dienone is 1. The molecule has 0 aliphatic carbocycles. The van der Waals surface area contributed by atoms with Crippen molar-refractivity contribution in [1.29, 1.82) is 0 Å². The SMILES string of the molecule is C=C(C)[SiH](N(CCC)CCC)N(CCC)CCC. The van der Waals surface area contributed by atoms with Crippen LogP contribution in [0.15, 0.2) is 11.8 Å². The minimum absolute atomic E-state index is 1.14. The van der Waals surface area contributed by atoms with Crippen molar-refractivity contribution in [3.63, 3.8) is 0 Å². The number of rotatable bonds is 11. The first-order valence-corrected chi connectivity index (χ1v) is 9.36. The molecule has 0 spiro atoms. The third kappa shape index (κ3) is 6.16. The molecule has 0 atom stereocenters. The van der Waals surface area contributed by atoms with Crippen LogP contribution in [-0.2, 0) is 0 Å². The van der Waals surface area contributed by atoms with Gasteiger partial charge in [-0.05, 0) is 58.8 Å². The normalized spacial score (nSPS) is 11.8. The van der Waals surface area contributed by atoms with E-state index in [1.807, 2.05) is 0 Å². The van der Waals surface area contributed by atoms with Crippen molar-refractivity contribution in [2.75, 3.05) is 26.2 Å². The summed E-state index contributed by atoms with van der Waals surface area (Å²) in [6.07, 6.45) is 5.01. The Kier molecular flexibility index (Phi) is 10.7. The van der Waals surface area contributed by atoms with Crippen molar-refractivity contribution in [1.82, 2.24) is 9.13 Å². The predicted molar refractivity (Wildman–Crippen MR) is 86.3 cm³/mol. The minimum atomic E-state index is -1.14. The van der Waals surface area contributed by atoms with E-state index >= 15 is 0 Å². The summed E-state index contributed by atoms with van der Waals surface area (Å²) in [6, 6.07) is 0. The lowest BCUT2D eigenvalue weighted by atomic mass is 10.4. The van der Waals surface area contributed by atoms with E-state index in [1.165, 1.54) is 57.1 Å². The minimum Gasteiger partial charge on any atom is -0.311 e. The highest BCUT2D eigenvalue weighted by molar-refractivity contribution is 6.60. The van der Waals surface area contributed by atoms with Crippen LogP contribution in [0, 0.1) is 0 Å². The first-order valence-electron chi connectivity index (χ1n) is 7.75. The Bertz CT molecular complexity index is 191. The maximum absolute atomic E-state index is 4.30. The Balaban J connectivity index is 4.88. The summed E-state index contributed by atoms with van der Waals surface area (Å²) in [6.45, 7) is 20.7. The van der Waals surface area contributed by atoms with Gasteiger partial charge < -0.3 is 9.13 Å². The van der Waals surface area contributed by atoms with E-state index in [0.717, 1.165) is 0 Å². The third-order valence-corrected chi connectivity index (χ3v) is 6.47. The van der Waals surface area contributed by atoms with Gasteiger partial charge in [-0.15, -0.1) is 6.58 Å². The molecule has 2 nitrogen and oxygen atoms in total. The van der Waals surface area contributed by atoms with Gasteiger partial charge in [0.2, 0.25) is 9.12 Å². The molecule has 0 aromatic carbocycles. The van der Waals surface area contributed by atoms with E-state index in [4.69, 9.17) is 0 Å². The molecule has 0 aromatic heterocycles. The monoisotopic (exact) mass is 270 g/mol. The number of nitrogens with zero attached hydrogens (tertiary/aromatic N) is 2. The van der Waals surface area contributed by atoms with Crippen LogP contribution < -0.4 is 0 Å². The Morgan fingerprint density at radius 2 is 1.06 bits per heavy atom. The second kappa shape index (κ2) is 10.8. The van der Waals surface area contributed by atoms with Crippen LogP contribution in [0.2, 0.25) is 0 Å². The van der Waals surface area contributed by atoms with Crippen LogP contribution in [0.3, 0.4) is 0 Å². The molecular weight excluding hydrogens is 236 g/mol. The molecule has 0 amide bonds. The van der Waals surface area contributed by atoms with Gasteiger partial charge in [-0.3, -0.25) is 0 Å². The molecule has 0 rings (SSSR count). The van der Waals surface area contributed by atoms with Gasteiger partial charge in [-0.25, -0.2) is 0 Å². The van der Waals surface area contributed by atoms with Gasteiger partial charge in [0.05, 0.1) is 0 Å². The molecule has 18 heavy (non-hydrogen) atoms. The fourth-order valence-corrected chi connectivity index (χ4v) is 6.44. The molecule has 0 heterocycles. The fraction of sp³-hybridized carbons (Fsp3) is 0.867. The van der Waals surface area contributed by atoms with E-state index in [1.54, 1.807) is 0 Å². The van der Waals surface area contributed by atoms with Gasteiger partial charge in [-0.2, -0.15) is 0 Å². The molecule has 3 heteroatoms. The zero-order chi connectivity index (χ0) is 14.0. The van der Waals surface area contributed by atoms with Gasteiger partial charge in [0.1, 0.15) is 0 Å². The first-order chi connectivity index (χ1) is 8.62. The standard InChI is InChI=1S/C15H34N2Si/c1-7-11-16(12-8-2)18(15(5)6)17(13-9-3)14-10-4/h18H,5,7-14H2,1-4,6H3. The number of hydrogen-bond donors (Lipinski definition) is 0. The van der Waals surface area contributed by atoms with Crippen molar-refractivity contribution in [2.45, 2.75) is 60.3 Å². The second-order valence-corrected chi connectivity index (χ2v) is 8.49. The van der Waals surface area contributed by atoms with Gasteiger partial charge >= 0.3 is 0 Å². The van der Waals surface area contributed by atoms with Crippen molar-refractivity contribution >= 4 is 9.12 Å². The van der Waals surface area contributed by atoms with Crippen LogP contribution >= 0.6 is 0 Å². The van der Waals surface area contributed by atoms with E-state index in [2.05, 4.69) is 50.3 Å². The summed E-state index contributed by atoms with van der Waals surface area (Å²) >= 11 is 0. The summed E-state index contributed by atoms with van der Waals surface area (Å²) in [5, 5.41) is 1.43. The zero-order valence-electron chi connectivity index (χ0n) is 13.3. The molecule has 0 aromatic rings. The van der Waals surface area contributed by atoms with Crippen molar-refractivity contribution in [3.8, 4) is 0 Å². The molecule has 0 aliphatic rings. The second-order valence-electron chi connectivity index (χ2n) is 5.29. The highest BCUT2D eigenvalue weighted by Gasteiger charge is 2.26. The largest absolute Gasteiger partial charge is 0.311 e. The highest BCUT2D eigenvalue weighted by Crippen LogP contribution is 2.12. The summed E-state index contributed by atoms with van der Waals surface area (Å²) in [7, 11) is -1.14. The zero-order valence-corrected chi connectivity index (χ0v) is 14.5. The van der Waals surface area contributed by atoms with Gasteiger partial charge in [0.25, 0.3) is 0 Å². The Morgan fingerprint density at radius 3 is 1.22 bits per heavy atom. The Hall–Kier alpha value is -0.123. The summed E-state index contributed by atoms with van der Waals surface area (Å²) in [5.74, 6) is 0. The van der Waals surface area contributed by atoms with Crippen LogP contribution in [0.4, 0.5) is 0 Å². The van der Waals surface area contributed by atoms with Crippen LogP contribution in [0.5, 0.6) is 0 Å². The Morgan fingerprint density at radius 1 is 0.778 bits per heavy atom. The third-order valence-electron chi connectivity index (χ3n) is 3.18. The lowest BCUT2D eigenvalue weighted by molar-refractivity contribution is 0.344. The fourth-order valence-electron chi connectivity index (χ4n) is 2.72. The lowest BCUT2D eigenvalue weighted by Gasteiger charge is -2.38. The Labute approximate surface area is 117 Å². The van der Waals surface area contributed by atoms with Crippen LogP contribution in [-0.4, -0.2) is 44.4 Å². The highest BCUT2D eigenvalue weighted by atomic mass is 28.3. The molecule has 0 saturated carbocycles. The van der Waals surface area contributed by atoms with Crippen molar-refractivity contribution < 1.29 is 0 Å². The smallest absolute Gasteiger partial charge is 0.218 e. The van der Waals surface area contributed by atoms with Crippen LogP contribution in [0.25, 0.3) is 0 Å². The molecule has 108 valence electrons. The number of hydrogen-bond acceptors (Lipinski definition) is 2. The molecule has 0 aliphatic heterocycles. The lowest BCUT2D eigenvalue weighted by Crippen LogP contribution is -2.54. The quantitative estimate of drug-likeness (QED) is 0.530. The maximum atomic E-state index is 4.30. The summed E-state index contributed by atoms with van der Waals surface area (Å²) in [5.41, 5.74) is 0. The first kappa shape index (κ1) is 17.9. The summed E-state index contributed by atoms with van der Waals surface area (Å²) < 4.78 is 5.49. The molecule has 0 fully saturated rings. The predicted octanol–water partition coefficient (Wildman–Crippen LogP) is 3.57. The molecule has 0 radical (unpaired) electrons. The molecule has 0 N–H and O–H groups in total. The van der Waals surface area contributed by atoms with Gasteiger partial charge in [-0.1, -0.05) is 32.9 Å². The van der Waals surface area contributed by atoms with E-state index < -0.39 is 9.12 Å². The average molecular weight is 271 g/mol. The van der Waals surface area contributed by atoms with Gasteiger partial charge in [0, 0.05) is 0 Å². The summed E-state index contributed by atoms with van der Waals surface area (Å²) in [4.78, 5) is 0. The molecule has 0 unspecified atom stereocenters. The maximum Gasteiger partial charge on any atom is 0.218 e. The van der Waals surface area contributed by atoms with E-state index in [-0.39, 0.29) is 0 Å². The topological polar surface area (TPSA) is 6.48 Å². The van der Waals surface area contributed by atoms with Crippen molar-refractivity contribution in [3.05, 3.63) is 11.8 Å². The van der Waals surface area contributed by atoms with E-state index in [9.17, 15) is 0 Å². The van der Waals surface area contributed by atoms with Crippen molar-refractivity contribution in [2.24, 2.45) is 0 Å². The average Bonchev–Trinajstić information content (AvgIpc) is 2.30.